The number of halogens is 1. The van der Waals surface area contributed by atoms with Crippen LogP contribution in [-0.2, 0) is 21.3 Å². The zero-order valence-electron chi connectivity index (χ0n) is 24.7. The van der Waals surface area contributed by atoms with Crippen molar-refractivity contribution in [2.75, 3.05) is 12.4 Å². The monoisotopic (exact) mass is 623 g/mol. The van der Waals surface area contributed by atoms with Crippen molar-refractivity contribution in [1.29, 1.82) is 0 Å². The topological polar surface area (TPSA) is 111 Å². The van der Waals surface area contributed by atoms with Crippen LogP contribution >= 0.6 is 0 Å². The van der Waals surface area contributed by atoms with Crippen molar-refractivity contribution in [3.63, 3.8) is 0 Å². The maximum Gasteiger partial charge on any atom is 1.00 e. The first kappa shape index (κ1) is 33.5. The predicted molar refractivity (Wildman–Crippen MR) is 164 cm³/mol. The van der Waals surface area contributed by atoms with Crippen LogP contribution in [0.25, 0.3) is 11.8 Å². The first-order chi connectivity index (χ1) is 20.7. The molecule has 3 aromatic rings. The Balaban J connectivity index is 0.00000442. The number of benzene rings is 3. The van der Waals surface area contributed by atoms with E-state index >= 15 is 0 Å². The molecule has 0 aliphatic carbocycles. The fourth-order valence-electron chi connectivity index (χ4n) is 4.77. The quantitative estimate of drug-likeness (QED) is 0.133. The van der Waals surface area contributed by atoms with Gasteiger partial charge < -0.3 is 9.29 Å². The molecular weight excluding hydrogens is 592 g/mol. The molecule has 0 atom stereocenters. The van der Waals surface area contributed by atoms with Gasteiger partial charge in [0.05, 0.1) is 28.1 Å². The standard InChI is InChI=1S/C33H32FN3O5S.Na/c1-23-11-14-26(15-12-23)30-22-37-32(28(35-30)20-24-9-5-4-6-10-24)36-29(33(37)38)21-25-13-16-31(27(34)19-25)42-17-7-2-3-8-18-43(39,40)41;/h4-6,9-16,19,21-22H,2-3,7-8,17-18,20H2,1H3,(H,39,40,41);/q;+1/p-1/b29-21-;. The molecule has 1 amide bonds. The van der Waals surface area contributed by atoms with E-state index in [-0.39, 0.29) is 59.3 Å². The summed E-state index contributed by atoms with van der Waals surface area (Å²) in [4.78, 5) is 24.5. The molecule has 11 heteroatoms. The van der Waals surface area contributed by atoms with Gasteiger partial charge in [0.25, 0.3) is 5.91 Å². The Morgan fingerprint density at radius 3 is 2.39 bits per heavy atom. The number of hydrogen-bond acceptors (Lipinski definition) is 7. The normalized spacial score (nSPS) is 15.3. The molecule has 2 aliphatic heterocycles. The predicted octanol–water partition coefficient (Wildman–Crippen LogP) is 2.90. The van der Waals surface area contributed by atoms with Crippen molar-refractivity contribution >= 4 is 39.3 Å². The van der Waals surface area contributed by atoms with E-state index in [2.05, 4.69) is 4.99 Å². The molecule has 3 aromatic carbocycles. The summed E-state index contributed by atoms with van der Waals surface area (Å²) in [5.74, 6) is -0.754. The van der Waals surface area contributed by atoms with Gasteiger partial charge >= 0.3 is 29.6 Å². The van der Waals surface area contributed by atoms with Gasteiger partial charge in [-0.2, -0.15) is 0 Å². The Morgan fingerprint density at radius 2 is 1.68 bits per heavy atom. The van der Waals surface area contributed by atoms with Gasteiger partial charge in [0.15, 0.2) is 17.4 Å². The molecule has 2 aliphatic rings. The summed E-state index contributed by atoms with van der Waals surface area (Å²) in [6.45, 7) is 2.26. The van der Waals surface area contributed by atoms with Gasteiger partial charge in [0, 0.05) is 23.9 Å². The average Bonchev–Trinajstić information content (AvgIpc) is 3.29. The summed E-state index contributed by atoms with van der Waals surface area (Å²) in [6, 6.07) is 22.2. The zero-order valence-corrected chi connectivity index (χ0v) is 27.5. The molecule has 0 fully saturated rings. The Kier molecular flexibility index (Phi) is 11.5. The van der Waals surface area contributed by atoms with Gasteiger partial charge in [-0.3, -0.25) is 9.69 Å². The molecule has 0 spiro atoms. The van der Waals surface area contributed by atoms with Crippen LogP contribution in [0.4, 0.5) is 4.39 Å². The number of aryl methyl sites for hydroxylation is 1. The summed E-state index contributed by atoms with van der Waals surface area (Å²) >= 11 is 0. The second-order valence-electron chi connectivity index (χ2n) is 10.5. The molecule has 2 heterocycles. The fraction of sp³-hybridized carbons (Fsp3) is 0.242. The number of aliphatic imine (C=N–C) groups is 2. The molecule has 0 N–H and O–H groups in total. The second-order valence-corrected chi connectivity index (χ2v) is 12.0. The van der Waals surface area contributed by atoms with E-state index in [1.807, 2.05) is 61.5 Å². The van der Waals surface area contributed by atoms with Gasteiger partial charge in [-0.15, -0.1) is 0 Å². The number of carbonyl (C=O) groups is 1. The van der Waals surface area contributed by atoms with Crippen LogP contribution < -0.4 is 34.3 Å². The summed E-state index contributed by atoms with van der Waals surface area (Å²) in [5.41, 5.74) is 4.98. The van der Waals surface area contributed by atoms with Crippen LogP contribution in [0, 0.1) is 12.7 Å². The smallest absolute Gasteiger partial charge is 0.748 e. The van der Waals surface area contributed by atoms with Gasteiger partial charge in [-0.25, -0.2) is 22.8 Å². The van der Waals surface area contributed by atoms with Crippen molar-refractivity contribution in [1.82, 2.24) is 4.90 Å². The van der Waals surface area contributed by atoms with Crippen LogP contribution in [0.5, 0.6) is 5.75 Å². The average molecular weight is 624 g/mol. The Labute approximate surface area is 279 Å². The fourth-order valence-corrected chi connectivity index (χ4v) is 5.33. The number of nitrogens with zero attached hydrogens (tertiary/aromatic N) is 3. The van der Waals surface area contributed by atoms with Crippen molar-refractivity contribution in [3.05, 3.63) is 113 Å². The number of unbranched alkanes of at least 4 members (excludes halogenated alkanes) is 3. The number of hydrogen-bond donors (Lipinski definition) is 0. The maximum absolute atomic E-state index is 14.8. The van der Waals surface area contributed by atoms with Crippen molar-refractivity contribution in [3.8, 4) is 5.75 Å². The third-order valence-electron chi connectivity index (χ3n) is 7.02. The summed E-state index contributed by atoms with van der Waals surface area (Å²) in [5, 5.41) is 0. The van der Waals surface area contributed by atoms with Crippen LogP contribution in [0.15, 0.2) is 94.7 Å². The van der Waals surface area contributed by atoms with Gasteiger partial charge in [-0.05, 0) is 49.1 Å². The molecule has 8 nitrogen and oxygen atoms in total. The minimum absolute atomic E-state index is 0. The third-order valence-corrected chi connectivity index (χ3v) is 7.81. The van der Waals surface area contributed by atoms with Crippen LogP contribution in [0.3, 0.4) is 0 Å². The molecule has 0 aromatic heterocycles. The van der Waals surface area contributed by atoms with Crippen molar-refractivity contribution in [2.24, 2.45) is 9.98 Å². The van der Waals surface area contributed by atoms with Crippen LogP contribution in [0.2, 0.25) is 0 Å². The number of rotatable bonds is 12. The largest absolute Gasteiger partial charge is 1.00 e. The molecule has 0 bridgehead atoms. The number of carbonyl (C=O) groups excluding carboxylic acids is 1. The van der Waals surface area contributed by atoms with Crippen molar-refractivity contribution in [2.45, 2.75) is 39.0 Å². The Bertz CT molecular complexity index is 1740. The molecule has 0 saturated heterocycles. The van der Waals surface area contributed by atoms with E-state index in [0.29, 0.717) is 54.9 Å². The van der Waals surface area contributed by atoms with E-state index in [1.54, 1.807) is 18.3 Å². The molecule has 0 saturated carbocycles. The SMILES string of the molecule is Cc1ccc(C2=CN3C(=O)/C(=C/c4ccc(OCCCCCCS(=O)(=O)[O-])c(F)c4)N=C3C(Cc3ccccc3)=N2)cc1.[Na+]. The molecular formula is C33H31FN3NaO5S. The first-order valence-corrected chi connectivity index (χ1v) is 15.6. The Hall–Kier alpha value is -3.41. The van der Waals surface area contributed by atoms with E-state index < -0.39 is 15.9 Å². The van der Waals surface area contributed by atoms with Crippen LogP contribution in [-0.4, -0.2) is 47.7 Å². The first-order valence-electron chi connectivity index (χ1n) is 14.1. The minimum atomic E-state index is -4.20. The molecule has 0 radical (unpaired) electrons. The molecule has 0 unspecified atom stereocenters. The molecule has 44 heavy (non-hydrogen) atoms. The van der Waals surface area contributed by atoms with Gasteiger partial charge in [0.1, 0.15) is 5.70 Å². The van der Waals surface area contributed by atoms with E-state index in [4.69, 9.17) is 9.73 Å². The second kappa shape index (κ2) is 15.0. The van der Waals surface area contributed by atoms with Gasteiger partial charge in [0.2, 0.25) is 0 Å². The van der Waals surface area contributed by atoms with Gasteiger partial charge in [-0.1, -0.05) is 79.1 Å². The zero-order chi connectivity index (χ0) is 30.4. The summed E-state index contributed by atoms with van der Waals surface area (Å²) < 4.78 is 52.3. The van der Waals surface area contributed by atoms with Crippen molar-refractivity contribution < 1.29 is 56.4 Å². The molecule has 5 rings (SSSR count). The summed E-state index contributed by atoms with van der Waals surface area (Å²) in [7, 11) is -4.20. The number of fused-ring (bicyclic) bond motifs is 1. The maximum atomic E-state index is 14.8. The Morgan fingerprint density at radius 1 is 0.955 bits per heavy atom. The number of amidine groups is 1. The van der Waals surface area contributed by atoms with E-state index in [0.717, 1.165) is 16.7 Å². The number of ether oxygens (including phenoxy) is 1. The third kappa shape index (κ3) is 8.83. The molecule has 222 valence electrons. The number of amides is 1. The van der Waals surface area contributed by atoms with Crippen LogP contribution in [0.1, 0.15) is 47.9 Å². The minimum Gasteiger partial charge on any atom is -0.748 e. The van der Waals surface area contributed by atoms with E-state index in [9.17, 15) is 22.2 Å². The summed E-state index contributed by atoms with van der Waals surface area (Å²) in [6.07, 6.45) is 5.85. The van der Waals surface area contributed by atoms with E-state index in [1.165, 1.54) is 17.0 Å².